The van der Waals surface area contributed by atoms with Crippen molar-refractivity contribution in [2.45, 2.75) is 50.6 Å². The summed E-state index contributed by atoms with van der Waals surface area (Å²) in [4.78, 5) is 12.7. The molecule has 0 bridgehead atoms. The normalized spacial score (nSPS) is 37.3. The molecule has 0 heterocycles. The quantitative estimate of drug-likeness (QED) is 0.412. The van der Waals surface area contributed by atoms with Crippen molar-refractivity contribution in [1.29, 1.82) is 0 Å². The second kappa shape index (κ2) is 8.19. The predicted octanol–water partition coefficient (Wildman–Crippen LogP) is 5.87. The minimum atomic E-state index is -1.18. The largest absolute Gasteiger partial charge is 0.500 e. The zero-order valence-electron chi connectivity index (χ0n) is 19.5. The molecule has 0 radical (unpaired) electrons. The molecule has 0 saturated heterocycles. The molecule has 5 heteroatoms. The van der Waals surface area contributed by atoms with E-state index in [1.807, 2.05) is 36.4 Å². The van der Waals surface area contributed by atoms with Crippen LogP contribution in [0.15, 0.2) is 82.0 Å². The van der Waals surface area contributed by atoms with Crippen LogP contribution in [0.3, 0.4) is 0 Å². The topological polar surface area (TPSA) is 43.4 Å². The summed E-state index contributed by atoms with van der Waals surface area (Å²) in [6, 6.07) is 9.51. The van der Waals surface area contributed by atoms with Crippen LogP contribution in [0.1, 0.15) is 39.5 Å². The lowest BCUT2D eigenvalue weighted by Crippen LogP contribution is -2.45. The van der Waals surface area contributed by atoms with Gasteiger partial charge in [0.25, 0.3) is 0 Å². The van der Waals surface area contributed by atoms with Crippen LogP contribution in [-0.2, 0) is 20.3 Å². The summed E-state index contributed by atoms with van der Waals surface area (Å²) >= 11 is 0. The monoisotopic (exact) mass is 466 g/mol. The van der Waals surface area contributed by atoms with E-state index in [4.69, 9.17) is 4.74 Å². The number of ketones is 1. The van der Waals surface area contributed by atoms with Crippen molar-refractivity contribution in [3.63, 3.8) is 0 Å². The molecule has 0 aromatic heterocycles. The van der Waals surface area contributed by atoms with Crippen LogP contribution >= 0.6 is 0 Å². The highest BCUT2D eigenvalue weighted by molar-refractivity contribution is 7.85. The van der Waals surface area contributed by atoms with E-state index in [-0.39, 0.29) is 17.1 Å². The number of carbonyl (C=O) groups is 1. The van der Waals surface area contributed by atoms with Gasteiger partial charge < -0.3 is 4.74 Å². The highest BCUT2D eigenvalue weighted by Crippen LogP contribution is 2.64. The van der Waals surface area contributed by atoms with E-state index in [0.717, 1.165) is 29.9 Å². The first-order valence-corrected chi connectivity index (χ1v) is 13.1. The number of fused-ring (bicyclic) bond motifs is 5. The zero-order chi connectivity index (χ0) is 23.4. The minimum absolute atomic E-state index is 0.118. The number of benzene rings is 1. The summed E-state index contributed by atoms with van der Waals surface area (Å²) in [6.45, 7) is 4.34. The Bertz CT molecular complexity index is 1130. The first-order valence-electron chi connectivity index (χ1n) is 11.8. The third-order valence-corrected chi connectivity index (χ3v) is 9.89. The Balaban J connectivity index is 1.50. The average Bonchev–Trinajstić information content (AvgIpc) is 3.16. The first kappa shape index (κ1) is 22.5. The van der Waals surface area contributed by atoms with Crippen LogP contribution in [-0.4, -0.2) is 29.0 Å². The van der Waals surface area contributed by atoms with Crippen LogP contribution in [0.25, 0.3) is 0 Å². The summed E-state index contributed by atoms with van der Waals surface area (Å²) in [7, 11) is 0.496. The molecule has 4 aliphatic carbocycles. The lowest BCUT2D eigenvalue weighted by atomic mass is 9.52. The molecule has 0 N–H and O–H groups in total. The maximum Gasteiger partial charge on any atom is 0.178 e. The lowest BCUT2D eigenvalue weighted by molar-refractivity contribution is -0.110. The smallest absolute Gasteiger partial charge is 0.178 e. The van der Waals surface area contributed by atoms with E-state index in [1.165, 1.54) is 17.2 Å². The Hall–Kier alpha value is -2.27. The molecule has 1 aromatic carbocycles. The molecule has 4 aliphatic rings. The molecule has 0 aliphatic heterocycles. The van der Waals surface area contributed by atoms with Crippen molar-refractivity contribution in [2.24, 2.45) is 22.7 Å². The molecular weight excluding hydrogens is 435 g/mol. The van der Waals surface area contributed by atoms with Gasteiger partial charge in [-0.1, -0.05) is 42.8 Å². The molecule has 1 aromatic rings. The van der Waals surface area contributed by atoms with Gasteiger partial charge in [-0.2, -0.15) is 0 Å². The van der Waals surface area contributed by atoms with Crippen molar-refractivity contribution >= 4 is 16.6 Å². The van der Waals surface area contributed by atoms with Crippen LogP contribution in [0.5, 0.6) is 0 Å². The lowest BCUT2D eigenvalue weighted by Gasteiger charge is -2.52. The molecule has 174 valence electrons. The predicted molar refractivity (Wildman–Crippen MR) is 129 cm³/mol. The maximum atomic E-state index is 15.4. The highest BCUT2D eigenvalue weighted by atomic mass is 32.2. The van der Waals surface area contributed by atoms with Crippen LogP contribution in [0.4, 0.5) is 4.39 Å². The number of alkyl halides is 1. The van der Waals surface area contributed by atoms with Crippen molar-refractivity contribution in [3.8, 4) is 0 Å². The minimum Gasteiger partial charge on any atom is -0.500 e. The number of allylic oxidation sites excluding steroid dienone is 7. The number of methoxy groups -OCH3 is 1. The van der Waals surface area contributed by atoms with Gasteiger partial charge in [-0.15, -0.1) is 0 Å². The summed E-state index contributed by atoms with van der Waals surface area (Å²) in [5.74, 6) is 1.51. The summed E-state index contributed by atoms with van der Waals surface area (Å²) in [5, 5.41) is 0. The molecule has 5 rings (SSSR count). The Kier molecular flexibility index (Phi) is 5.59. The molecule has 6 atom stereocenters. The van der Waals surface area contributed by atoms with Gasteiger partial charge in [-0.25, -0.2) is 4.39 Å². The highest BCUT2D eigenvalue weighted by Gasteiger charge is 2.56. The van der Waals surface area contributed by atoms with Gasteiger partial charge >= 0.3 is 0 Å². The van der Waals surface area contributed by atoms with Gasteiger partial charge in [0, 0.05) is 10.3 Å². The van der Waals surface area contributed by atoms with E-state index >= 15 is 4.39 Å². The van der Waals surface area contributed by atoms with E-state index in [2.05, 4.69) is 19.9 Å². The van der Waals surface area contributed by atoms with Crippen molar-refractivity contribution in [2.75, 3.05) is 12.9 Å². The molecule has 2 saturated carbocycles. The third kappa shape index (κ3) is 3.51. The number of ether oxygens (including phenoxy) is 1. The SMILES string of the molecule is CO/C(CS(=O)c1ccccc1)=C1/CC[C@H]2[C@@H]3C[C@H](F)C4=CC(=O)C=C[C@]4(C)C3=CC[C@]12C. The molecule has 2 fully saturated rings. The van der Waals surface area contributed by atoms with E-state index in [9.17, 15) is 9.00 Å². The second-order valence-corrected chi connectivity index (χ2v) is 11.6. The number of rotatable bonds is 4. The van der Waals surface area contributed by atoms with Crippen LogP contribution in [0.2, 0.25) is 0 Å². The fourth-order valence-electron chi connectivity index (χ4n) is 6.85. The molecule has 1 unspecified atom stereocenters. The Morgan fingerprint density at radius 1 is 1.21 bits per heavy atom. The van der Waals surface area contributed by atoms with Crippen molar-refractivity contribution in [1.82, 2.24) is 0 Å². The first-order chi connectivity index (χ1) is 15.8. The summed E-state index contributed by atoms with van der Waals surface area (Å²) < 4.78 is 34.3. The number of carbonyl (C=O) groups excluding carboxylic acids is 1. The van der Waals surface area contributed by atoms with Gasteiger partial charge in [0.2, 0.25) is 0 Å². The summed E-state index contributed by atoms with van der Waals surface area (Å²) in [5.41, 5.74) is 2.48. The zero-order valence-corrected chi connectivity index (χ0v) is 20.3. The van der Waals surface area contributed by atoms with Gasteiger partial charge in [0.05, 0.1) is 23.7 Å². The van der Waals surface area contributed by atoms with Gasteiger partial charge in [0.15, 0.2) is 5.78 Å². The van der Waals surface area contributed by atoms with Gasteiger partial charge in [0.1, 0.15) is 11.9 Å². The summed E-state index contributed by atoms with van der Waals surface area (Å²) in [6.07, 6.45) is 9.36. The average molecular weight is 467 g/mol. The Labute approximate surface area is 197 Å². The standard InChI is InChI=1S/C28H31FO3S/c1-27-14-12-22-20(16-25(29)24-15-18(30)11-13-28(22,24)2)21(27)9-10-23(27)26(32-3)17-33(31)19-7-5-4-6-8-19/h4-8,11-13,15,20-21,25H,9-10,14,16-17H2,1-3H3/b26-23-/t20-,21-,25-,27-,28+,33?/m0/s1. The fourth-order valence-corrected chi connectivity index (χ4v) is 8.01. The molecule has 0 amide bonds. The number of hydrogen-bond acceptors (Lipinski definition) is 3. The molecule has 0 spiro atoms. The van der Waals surface area contributed by atoms with E-state index < -0.39 is 22.4 Å². The van der Waals surface area contributed by atoms with Crippen LogP contribution < -0.4 is 0 Å². The number of halogens is 1. The van der Waals surface area contributed by atoms with Crippen molar-refractivity contribution < 1.29 is 18.1 Å². The van der Waals surface area contributed by atoms with Gasteiger partial charge in [-0.3, -0.25) is 9.00 Å². The maximum absolute atomic E-state index is 15.4. The van der Waals surface area contributed by atoms with E-state index in [0.29, 0.717) is 23.7 Å². The van der Waals surface area contributed by atoms with Crippen molar-refractivity contribution in [3.05, 3.63) is 77.1 Å². The molecule has 33 heavy (non-hydrogen) atoms. The number of hydrogen-bond donors (Lipinski definition) is 0. The second-order valence-electron chi connectivity index (χ2n) is 10.2. The van der Waals surface area contributed by atoms with Gasteiger partial charge in [-0.05, 0) is 85.3 Å². The third-order valence-electron chi connectivity index (χ3n) is 8.57. The Morgan fingerprint density at radius 2 is 1.97 bits per heavy atom. The fraction of sp³-hybridized carbons (Fsp3) is 0.464. The van der Waals surface area contributed by atoms with E-state index in [1.54, 1.807) is 13.2 Å². The molecular formula is C28H31FO3S. The molecule has 3 nitrogen and oxygen atoms in total. The van der Waals surface area contributed by atoms with Crippen LogP contribution in [0, 0.1) is 22.7 Å². The Morgan fingerprint density at radius 3 is 2.70 bits per heavy atom.